The first-order chi connectivity index (χ1) is 11.8. The number of carbonyl (C=O) groups excluding carboxylic acids is 2. The van der Waals surface area contributed by atoms with Crippen molar-refractivity contribution in [1.82, 2.24) is 14.8 Å². The molecule has 0 bridgehead atoms. The highest BCUT2D eigenvalue weighted by Crippen LogP contribution is 2.33. The minimum atomic E-state index is -4.22. The topological polar surface area (TPSA) is 56.4 Å². The van der Waals surface area contributed by atoms with Crippen LogP contribution in [0.5, 0.6) is 0 Å². The van der Waals surface area contributed by atoms with E-state index >= 15 is 0 Å². The highest BCUT2D eigenvalue weighted by Gasteiger charge is 2.42. The van der Waals surface area contributed by atoms with Gasteiger partial charge in [-0.15, -0.1) is 0 Å². The maximum Gasteiger partial charge on any atom is 0.393 e. The molecule has 138 valence electrons. The number of hydrogen-bond acceptors (Lipinski definition) is 3. The normalized spacial score (nSPS) is 22.4. The number of aromatic amines is 1. The van der Waals surface area contributed by atoms with Crippen LogP contribution in [0.25, 0.3) is 0 Å². The second-order valence-electron chi connectivity index (χ2n) is 6.84. The molecule has 0 unspecified atom stereocenters. The van der Waals surface area contributed by atoms with Crippen molar-refractivity contribution in [2.45, 2.75) is 31.9 Å². The van der Waals surface area contributed by atoms with Crippen molar-refractivity contribution < 1.29 is 22.8 Å². The molecule has 2 saturated heterocycles. The Bertz CT molecular complexity index is 635. The van der Waals surface area contributed by atoms with Gasteiger partial charge < -0.3 is 9.88 Å². The summed E-state index contributed by atoms with van der Waals surface area (Å²) in [6, 6.07) is 1.51. The van der Waals surface area contributed by atoms with Gasteiger partial charge in [0.05, 0.1) is 12.5 Å². The third kappa shape index (κ3) is 4.23. The van der Waals surface area contributed by atoms with Crippen molar-refractivity contribution in [2.24, 2.45) is 5.92 Å². The summed E-state index contributed by atoms with van der Waals surface area (Å²) in [4.78, 5) is 30.7. The molecule has 0 aromatic carbocycles. The molecule has 2 fully saturated rings. The molecule has 0 spiro atoms. The lowest BCUT2D eigenvalue weighted by Crippen LogP contribution is -2.43. The molecule has 1 atom stereocenters. The molecule has 25 heavy (non-hydrogen) atoms. The van der Waals surface area contributed by atoms with E-state index in [9.17, 15) is 22.8 Å². The van der Waals surface area contributed by atoms with Crippen molar-refractivity contribution in [3.05, 3.63) is 23.5 Å². The molecule has 3 rings (SSSR count). The van der Waals surface area contributed by atoms with E-state index in [4.69, 9.17) is 0 Å². The van der Waals surface area contributed by atoms with Gasteiger partial charge in [0, 0.05) is 31.4 Å². The van der Waals surface area contributed by atoms with Crippen LogP contribution in [0.4, 0.5) is 13.2 Å². The van der Waals surface area contributed by atoms with Crippen LogP contribution in [-0.2, 0) is 0 Å². The summed E-state index contributed by atoms with van der Waals surface area (Å²) in [5.74, 6) is -1.77. The molecular weight excluding hydrogens is 335 g/mol. The lowest BCUT2D eigenvalue weighted by Gasteiger charge is -2.33. The van der Waals surface area contributed by atoms with Crippen molar-refractivity contribution in [3.63, 3.8) is 0 Å². The van der Waals surface area contributed by atoms with Crippen molar-refractivity contribution >= 4 is 11.7 Å². The number of H-pyrrole nitrogens is 1. The average molecular weight is 357 g/mol. The number of likely N-dealkylation sites (tertiary alicyclic amines) is 2. The van der Waals surface area contributed by atoms with Crippen molar-refractivity contribution in [1.29, 1.82) is 0 Å². The van der Waals surface area contributed by atoms with Crippen LogP contribution in [0.1, 0.15) is 46.5 Å². The van der Waals surface area contributed by atoms with Crippen LogP contribution in [-0.4, -0.2) is 65.4 Å². The van der Waals surface area contributed by atoms with Crippen LogP contribution in [0, 0.1) is 5.92 Å². The predicted molar refractivity (Wildman–Crippen MR) is 85.5 cm³/mol. The Morgan fingerprint density at radius 1 is 1.16 bits per heavy atom. The summed E-state index contributed by atoms with van der Waals surface area (Å²) in [5, 5.41) is 0. The van der Waals surface area contributed by atoms with Gasteiger partial charge in [-0.25, -0.2) is 0 Å². The summed E-state index contributed by atoms with van der Waals surface area (Å²) in [6.45, 7) is 1.73. The number of piperidine rings is 1. The molecule has 1 amide bonds. The van der Waals surface area contributed by atoms with Crippen molar-refractivity contribution in [3.8, 4) is 0 Å². The third-order valence-corrected chi connectivity index (χ3v) is 4.96. The Labute approximate surface area is 144 Å². The first kappa shape index (κ1) is 18.0. The number of alkyl halides is 3. The summed E-state index contributed by atoms with van der Waals surface area (Å²) in [5.41, 5.74) is 0.703. The van der Waals surface area contributed by atoms with Gasteiger partial charge in [0.15, 0.2) is 5.78 Å². The fourth-order valence-corrected chi connectivity index (χ4v) is 3.53. The highest BCUT2D eigenvalue weighted by molar-refractivity contribution is 6.01. The minimum absolute atomic E-state index is 0.0538. The number of rotatable bonds is 4. The zero-order chi connectivity index (χ0) is 18.0. The van der Waals surface area contributed by atoms with Crippen LogP contribution in [0.3, 0.4) is 0 Å². The molecule has 1 aromatic rings. The van der Waals surface area contributed by atoms with E-state index in [-0.39, 0.29) is 31.2 Å². The second kappa shape index (κ2) is 7.19. The van der Waals surface area contributed by atoms with Gasteiger partial charge in [-0.05, 0) is 38.3 Å². The van der Waals surface area contributed by atoms with Crippen LogP contribution < -0.4 is 0 Å². The maximum atomic E-state index is 12.9. The number of halogens is 3. The fourth-order valence-electron chi connectivity index (χ4n) is 3.53. The van der Waals surface area contributed by atoms with Gasteiger partial charge in [0.2, 0.25) is 0 Å². The van der Waals surface area contributed by atoms with E-state index in [0.29, 0.717) is 37.3 Å². The first-order valence-electron chi connectivity index (χ1n) is 8.64. The van der Waals surface area contributed by atoms with Gasteiger partial charge in [-0.2, -0.15) is 13.2 Å². The largest absolute Gasteiger partial charge is 0.393 e. The molecule has 1 N–H and O–H groups in total. The number of aromatic nitrogens is 1. The number of Topliss-reactive ketones (excluding diaryl/α,β-unsaturated/α-hetero) is 1. The van der Waals surface area contributed by atoms with Crippen LogP contribution in [0.2, 0.25) is 0 Å². The zero-order valence-corrected chi connectivity index (χ0v) is 13.9. The van der Waals surface area contributed by atoms with Crippen LogP contribution >= 0.6 is 0 Å². The van der Waals surface area contributed by atoms with Gasteiger partial charge >= 0.3 is 6.18 Å². The maximum absolute atomic E-state index is 12.9. The van der Waals surface area contributed by atoms with Gasteiger partial charge in [-0.1, -0.05) is 0 Å². The number of hydrogen-bond donors (Lipinski definition) is 1. The molecule has 0 radical (unpaired) electrons. The van der Waals surface area contributed by atoms with Crippen LogP contribution in [0.15, 0.2) is 12.3 Å². The second-order valence-corrected chi connectivity index (χ2v) is 6.84. The average Bonchev–Trinajstić information content (AvgIpc) is 3.25. The molecule has 2 aliphatic heterocycles. The SMILES string of the molecule is O=C(CN1CCC[C@H](C(F)(F)F)C1)c1c[nH]c(C(=O)N2CCCC2)c1. The van der Waals surface area contributed by atoms with Gasteiger partial charge in [0.1, 0.15) is 5.69 Å². The molecule has 0 saturated carbocycles. The number of ketones is 1. The standard InChI is InChI=1S/C17H22F3N3O2/c18-17(19,20)13-4-3-5-22(10-13)11-15(24)12-8-14(21-9-12)16(25)23-6-1-2-7-23/h8-9,13,21H,1-7,10-11H2/t13-/m0/s1. The highest BCUT2D eigenvalue weighted by atomic mass is 19.4. The Balaban J connectivity index is 1.59. The van der Waals surface area contributed by atoms with E-state index in [1.807, 2.05) is 0 Å². The molecule has 5 nitrogen and oxygen atoms in total. The molecular formula is C17H22F3N3O2. The third-order valence-electron chi connectivity index (χ3n) is 4.96. The molecule has 0 aliphatic carbocycles. The number of nitrogens with one attached hydrogen (secondary N) is 1. The smallest absolute Gasteiger partial charge is 0.356 e. The lowest BCUT2D eigenvalue weighted by molar-refractivity contribution is -0.186. The van der Waals surface area contributed by atoms with E-state index in [0.717, 1.165) is 12.8 Å². The molecule has 8 heteroatoms. The van der Waals surface area contributed by atoms with E-state index < -0.39 is 12.1 Å². The summed E-state index contributed by atoms with van der Waals surface area (Å²) >= 11 is 0. The monoisotopic (exact) mass is 357 g/mol. The quantitative estimate of drug-likeness (QED) is 0.843. The predicted octanol–water partition coefficient (Wildman–Crippen LogP) is 2.71. The lowest BCUT2D eigenvalue weighted by atomic mass is 9.97. The number of amides is 1. The van der Waals surface area contributed by atoms with Gasteiger partial charge in [-0.3, -0.25) is 14.5 Å². The summed E-state index contributed by atoms with van der Waals surface area (Å²) < 4.78 is 38.6. The molecule has 2 aliphatic rings. The Kier molecular flexibility index (Phi) is 5.17. The molecule has 1 aromatic heterocycles. The Hall–Kier alpha value is -1.83. The fraction of sp³-hybridized carbons (Fsp3) is 0.647. The number of nitrogens with zero attached hydrogens (tertiary/aromatic N) is 2. The summed E-state index contributed by atoms with van der Waals surface area (Å²) in [7, 11) is 0. The Morgan fingerprint density at radius 3 is 2.56 bits per heavy atom. The summed E-state index contributed by atoms with van der Waals surface area (Å²) in [6.07, 6.45) is -0.237. The van der Waals surface area contributed by atoms with E-state index in [2.05, 4.69) is 4.98 Å². The number of carbonyl (C=O) groups is 2. The Morgan fingerprint density at radius 2 is 1.88 bits per heavy atom. The first-order valence-corrected chi connectivity index (χ1v) is 8.64. The molecule has 3 heterocycles. The van der Waals surface area contributed by atoms with Crippen molar-refractivity contribution in [2.75, 3.05) is 32.7 Å². The minimum Gasteiger partial charge on any atom is -0.356 e. The van der Waals surface area contributed by atoms with Gasteiger partial charge in [0.25, 0.3) is 5.91 Å². The van der Waals surface area contributed by atoms with E-state index in [1.165, 1.54) is 12.3 Å². The van der Waals surface area contributed by atoms with E-state index in [1.54, 1.807) is 9.80 Å². The zero-order valence-electron chi connectivity index (χ0n) is 13.9.